The number of nitrogens with one attached hydrogen (secondary N) is 1. The summed E-state index contributed by atoms with van der Waals surface area (Å²) in [5.74, 6) is -4.11. The molecule has 1 aromatic heterocycles. The van der Waals surface area contributed by atoms with Crippen LogP contribution >= 0.6 is 35.1 Å². The van der Waals surface area contributed by atoms with E-state index in [1.807, 2.05) is 0 Å². The van der Waals surface area contributed by atoms with Gasteiger partial charge in [-0.25, -0.2) is 14.3 Å². The quantitative estimate of drug-likeness (QED) is 0.157. The van der Waals surface area contributed by atoms with Crippen molar-refractivity contribution in [2.45, 2.75) is 29.6 Å². The number of benzene rings is 1. The Morgan fingerprint density at radius 1 is 1.27 bits per heavy atom. The van der Waals surface area contributed by atoms with E-state index < -0.39 is 53.1 Å². The molecule has 0 aliphatic carbocycles. The lowest BCUT2D eigenvalue weighted by Gasteiger charge is -2.49. The number of carboxylic acids is 1. The van der Waals surface area contributed by atoms with Gasteiger partial charge in [-0.2, -0.15) is 0 Å². The fourth-order valence-electron chi connectivity index (χ4n) is 3.96. The van der Waals surface area contributed by atoms with Crippen LogP contribution in [0.5, 0.6) is 0 Å². The van der Waals surface area contributed by atoms with Crippen molar-refractivity contribution in [3.8, 4) is 0 Å². The molecule has 1 fully saturated rings. The first-order valence-corrected chi connectivity index (χ1v) is 14.3. The molecule has 2 unspecified atom stereocenters. The maximum absolute atomic E-state index is 13.2. The molecular weight excluding hydrogens is 588 g/mol. The Kier molecular flexibility index (Phi) is 9.32. The number of amides is 2. The molecule has 1 aromatic carbocycles. The van der Waals surface area contributed by atoms with Crippen molar-refractivity contribution in [1.82, 2.24) is 30.4 Å². The van der Waals surface area contributed by atoms with E-state index in [1.165, 1.54) is 52.5 Å². The Balaban J connectivity index is 1.49. The first-order valence-electron chi connectivity index (χ1n) is 11.7. The number of aromatic nitrogens is 4. The SMILES string of the molecule is CCOC(=O)c1ccc(C(OC(=O)CCl)C(=O)NC2C(=O)N3C(C(=O)O)=C(CSc4nnnn4C)CS[C@H]23)cc1. The summed E-state index contributed by atoms with van der Waals surface area (Å²) < 4.78 is 11.6. The van der Waals surface area contributed by atoms with Crippen LogP contribution < -0.4 is 5.32 Å². The van der Waals surface area contributed by atoms with Gasteiger partial charge in [-0.05, 0) is 35.1 Å². The minimum Gasteiger partial charge on any atom is -0.477 e. The van der Waals surface area contributed by atoms with Crippen molar-refractivity contribution < 1.29 is 38.6 Å². The zero-order chi connectivity index (χ0) is 29.0. The molecule has 2 aliphatic rings. The van der Waals surface area contributed by atoms with Crippen LogP contribution in [0.15, 0.2) is 40.7 Å². The number of aryl methyl sites for hydroxylation is 1. The number of tetrazole rings is 1. The summed E-state index contributed by atoms with van der Waals surface area (Å²) in [6.45, 7) is 1.85. The predicted octanol–water partition coefficient (Wildman–Crippen LogP) is 0.741. The molecule has 2 aromatic rings. The first kappa shape index (κ1) is 29.4. The molecular formula is C23H23ClN6O8S2. The summed E-state index contributed by atoms with van der Waals surface area (Å²) in [6.07, 6.45) is -1.47. The number of hydrogen-bond donors (Lipinski definition) is 2. The maximum Gasteiger partial charge on any atom is 0.352 e. The zero-order valence-electron chi connectivity index (χ0n) is 21.1. The molecule has 0 radical (unpaired) electrons. The minimum atomic E-state index is -1.47. The molecule has 1 saturated heterocycles. The molecule has 3 heterocycles. The van der Waals surface area contributed by atoms with Gasteiger partial charge in [0.15, 0.2) is 0 Å². The summed E-state index contributed by atoms with van der Waals surface area (Å²) in [7, 11) is 1.65. The molecule has 3 atom stereocenters. The Morgan fingerprint density at radius 2 is 2.00 bits per heavy atom. The van der Waals surface area contributed by atoms with Crippen LogP contribution in [-0.4, -0.2) is 95.3 Å². The van der Waals surface area contributed by atoms with Crippen LogP contribution in [0.1, 0.15) is 28.9 Å². The molecule has 40 heavy (non-hydrogen) atoms. The van der Waals surface area contributed by atoms with E-state index >= 15 is 0 Å². The number of fused-ring (bicyclic) bond motifs is 1. The van der Waals surface area contributed by atoms with E-state index in [9.17, 15) is 29.1 Å². The number of carbonyl (C=O) groups is 5. The van der Waals surface area contributed by atoms with Crippen molar-refractivity contribution in [1.29, 1.82) is 0 Å². The fraction of sp³-hybridized carbons (Fsp3) is 0.391. The third kappa shape index (κ3) is 6.08. The van der Waals surface area contributed by atoms with Gasteiger partial charge < -0.3 is 19.9 Å². The molecule has 2 N–H and O–H groups in total. The molecule has 0 bridgehead atoms. The van der Waals surface area contributed by atoms with Crippen molar-refractivity contribution in [2.24, 2.45) is 7.05 Å². The minimum absolute atomic E-state index is 0.151. The lowest BCUT2D eigenvalue weighted by molar-refractivity contribution is -0.157. The normalized spacial score (nSPS) is 18.9. The first-order chi connectivity index (χ1) is 19.2. The molecule has 0 saturated carbocycles. The molecule has 0 spiro atoms. The smallest absolute Gasteiger partial charge is 0.352 e. The van der Waals surface area contributed by atoms with Crippen molar-refractivity contribution in [2.75, 3.05) is 24.0 Å². The molecule has 14 nitrogen and oxygen atoms in total. The molecule has 4 rings (SSSR count). The number of carbonyl (C=O) groups excluding carboxylic acids is 4. The van der Waals surface area contributed by atoms with Crippen LogP contribution in [0.25, 0.3) is 0 Å². The third-order valence-corrected chi connectivity index (χ3v) is 8.48. The highest BCUT2D eigenvalue weighted by atomic mass is 35.5. The second kappa shape index (κ2) is 12.7. The number of thioether (sulfide) groups is 2. The van der Waals surface area contributed by atoms with Gasteiger partial charge in [0, 0.05) is 24.1 Å². The molecule has 2 amide bonds. The molecule has 17 heteroatoms. The topological polar surface area (TPSA) is 183 Å². The average molecular weight is 611 g/mol. The number of rotatable bonds is 11. The summed E-state index contributed by atoms with van der Waals surface area (Å²) in [4.78, 5) is 63.5. The van der Waals surface area contributed by atoms with E-state index in [1.54, 1.807) is 14.0 Å². The number of halogens is 1. The number of nitrogens with zero attached hydrogens (tertiary/aromatic N) is 5. The Morgan fingerprint density at radius 3 is 2.60 bits per heavy atom. The van der Waals surface area contributed by atoms with Crippen molar-refractivity contribution in [3.63, 3.8) is 0 Å². The van der Waals surface area contributed by atoms with Crippen molar-refractivity contribution in [3.05, 3.63) is 46.7 Å². The standard InChI is InChI=1S/C23H23ClN6O8S2/c1-3-37-22(36)12-6-4-11(5-7-12)17(38-14(31)8-24)18(32)25-15-19(33)30-16(21(34)35)13(9-39-20(15)30)10-40-23-26-27-28-29(23)2/h4-7,15,17,20H,3,8-10H2,1-2H3,(H,25,32)(H,34,35)/t15?,17?,20-/m1/s1. The zero-order valence-corrected chi connectivity index (χ0v) is 23.5. The third-order valence-electron chi connectivity index (χ3n) is 5.83. The number of alkyl halides is 1. The number of aliphatic carboxylic acids is 1. The summed E-state index contributed by atoms with van der Waals surface area (Å²) in [6, 6.07) is 4.61. The van der Waals surface area contributed by atoms with Crippen LogP contribution in [0.2, 0.25) is 0 Å². The van der Waals surface area contributed by atoms with E-state index in [2.05, 4.69) is 20.8 Å². The van der Waals surface area contributed by atoms with Gasteiger partial charge in [-0.1, -0.05) is 23.9 Å². The van der Waals surface area contributed by atoms with Crippen LogP contribution in [0, 0.1) is 0 Å². The summed E-state index contributed by atoms with van der Waals surface area (Å²) >= 11 is 8.09. The predicted molar refractivity (Wildman–Crippen MR) is 141 cm³/mol. The second-order valence-corrected chi connectivity index (χ2v) is 10.7. The van der Waals surface area contributed by atoms with Gasteiger partial charge >= 0.3 is 17.9 Å². The van der Waals surface area contributed by atoms with Gasteiger partial charge in [0.25, 0.3) is 11.8 Å². The fourth-order valence-corrected chi connectivity index (χ4v) is 6.36. The van der Waals surface area contributed by atoms with Crippen LogP contribution in [0.4, 0.5) is 0 Å². The van der Waals surface area contributed by atoms with Gasteiger partial charge in [-0.3, -0.25) is 19.3 Å². The van der Waals surface area contributed by atoms with Gasteiger partial charge in [0.2, 0.25) is 11.3 Å². The van der Waals surface area contributed by atoms with E-state index in [0.29, 0.717) is 16.5 Å². The Hall–Kier alpha value is -3.63. The monoisotopic (exact) mass is 610 g/mol. The number of carboxylic acid groups (broad SMARTS) is 1. The van der Waals surface area contributed by atoms with Gasteiger partial charge in [0.05, 0.1) is 12.2 Å². The van der Waals surface area contributed by atoms with Gasteiger partial charge in [0.1, 0.15) is 23.0 Å². The summed E-state index contributed by atoms with van der Waals surface area (Å²) in [5.41, 5.74) is 0.818. The highest BCUT2D eigenvalue weighted by Crippen LogP contribution is 2.41. The van der Waals surface area contributed by atoms with E-state index in [4.69, 9.17) is 21.1 Å². The number of ether oxygens (including phenoxy) is 2. The lowest BCUT2D eigenvalue weighted by atomic mass is 10.0. The number of hydrogen-bond acceptors (Lipinski definition) is 12. The van der Waals surface area contributed by atoms with Crippen LogP contribution in [-0.2, 0) is 35.7 Å². The van der Waals surface area contributed by atoms with Gasteiger partial charge in [-0.15, -0.1) is 28.5 Å². The van der Waals surface area contributed by atoms with E-state index in [0.717, 1.165) is 4.90 Å². The Bertz CT molecular complexity index is 1370. The highest BCUT2D eigenvalue weighted by molar-refractivity contribution is 8.01. The maximum atomic E-state index is 13.2. The largest absolute Gasteiger partial charge is 0.477 e. The summed E-state index contributed by atoms with van der Waals surface area (Å²) in [5, 5.41) is 23.4. The van der Waals surface area contributed by atoms with Crippen molar-refractivity contribution >= 4 is 64.8 Å². The average Bonchev–Trinajstić information content (AvgIpc) is 3.36. The number of β-lactam (4-membered cyclic amide) rings is 1. The second-order valence-electron chi connectivity index (χ2n) is 8.37. The molecule has 212 valence electrons. The highest BCUT2D eigenvalue weighted by Gasteiger charge is 2.54. The Labute approximate surface area is 240 Å². The molecule has 2 aliphatic heterocycles. The lowest BCUT2D eigenvalue weighted by Crippen LogP contribution is -2.71. The number of esters is 2. The van der Waals surface area contributed by atoms with Crippen LogP contribution in [0.3, 0.4) is 0 Å². The van der Waals surface area contributed by atoms with E-state index in [-0.39, 0.29) is 29.2 Å².